The van der Waals surface area contributed by atoms with Crippen LogP contribution >= 0.6 is 0 Å². The molecule has 5 nitrogen and oxygen atoms in total. The minimum absolute atomic E-state index is 0.0421. The predicted octanol–water partition coefficient (Wildman–Crippen LogP) is 4.79. The van der Waals surface area contributed by atoms with Crippen molar-refractivity contribution in [1.82, 2.24) is 9.62 Å². The molecule has 29 heavy (non-hydrogen) atoms. The van der Waals surface area contributed by atoms with E-state index in [1.165, 1.54) is 39.0 Å². The first-order chi connectivity index (χ1) is 13.8. The number of hydrogen-bond donors (Lipinski definition) is 1. The van der Waals surface area contributed by atoms with Crippen molar-refractivity contribution in [3.05, 3.63) is 29.8 Å². The molecule has 0 aliphatic carbocycles. The molecule has 0 saturated carbocycles. The second-order valence-electron chi connectivity index (χ2n) is 8.41. The third kappa shape index (κ3) is 7.41. The summed E-state index contributed by atoms with van der Waals surface area (Å²) in [4.78, 5) is 11.9. The van der Waals surface area contributed by atoms with Crippen molar-refractivity contribution in [2.75, 3.05) is 6.54 Å². The zero-order chi connectivity index (χ0) is 21.3. The van der Waals surface area contributed by atoms with Gasteiger partial charge in [-0.05, 0) is 38.3 Å². The molecule has 1 amide bonds. The lowest BCUT2D eigenvalue weighted by Crippen LogP contribution is -2.51. The molecule has 1 aromatic carbocycles. The number of benzene rings is 1. The topological polar surface area (TPSA) is 66.5 Å². The van der Waals surface area contributed by atoms with E-state index >= 15 is 0 Å². The van der Waals surface area contributed by atoms with Gasteiger partial charge in [0.25, 0.3) is 0 Å². The molecule has 2 atom stereocenters. The number of sulfonamides is 1. The smallest absolute Gasteiger partial charge is 0.243 e. The molecule has 6 heteroatoms. The Bertz CT molecular complexity index is 731. The summed E-state index contributed by atoms with van der Waals surface area (Å²) in [6, 6.07) is 7.11. The van der Waals surface area contributed by atoms with Crippen molar-refractivity contribution in [3.8, 4) is 0 Å². The highest BCUT2D eigenvalue weighted by Gasteiger charge is 2.36. The van der Waals surface area contributed by atoms with Crippen molar-refractivity contribution in [1.29, 1.82) is 0 Å². The van der Waals surface area contributed by atoms with E-state index in [9.17, 15) is 13.2 Å². The Balaban J connectivity index is 2.03. The molecule has 0 radical (unpaired) electrons. The molecule has 1 saturated heterocycles. The zero-order valence-electron chi connectivity index (χ0n) is 18.3. The van der Waals surface area contributed by atoms with Crippen molar-refractivity contribution in [3.63, 3.8) is 0 Å². The summed E-state index contributed by atoms with van der Waals surface area (Å²) in [5.41, 5.74) is 1.05. The highest BCUT2D eigenvalue weighted by atomic mass is 32.2. The first-order valence-corrected chi connectivity index (χ1v) is 12.6. The average Bonchev–Trinajstić information content (AvgIpc) is 2.67. The van der Waals surface area contributed by atoms with Crippen LogP contribution in [0, 0.1) is 6.92 Å². The second kappa shape index (κ2) is 11.7. The van der Waals surface area contributed by atoms with Crippen LogP contribution in [0.1, 0.15) is 83.6 Å². The van der Waals surface area contributed by atoms with E-state index in [-0.39, 0.29) is 18.0 Å². The zero-order valence-corrected chi connectivity index (χ0v) is 19.1. The van der Waals surface area contributed by atoms with E-state index in [1.54, 1.807) is 16.4 Å². The SMILES string of the molecule is CCCCCCCCC[C@@H]1C[C@@H](NC(C)=O)CCN1S(=O)(=O)c1ccc(C)cc1. The molecular weight excluding hydrogens is 384 g/mol. The number of carbonyl (C=O) groups is 1. The lowest BCUT2D eigenvalue weighted by atomic mass is 9.94. The molecule has 0 aromatic heterocycles. The second-order valence-corrected chi connectivity index (χ2v) is 10.3. The van der Waals surface area contributed by atoms with Gasteiger partial charge in [-0.15, -0.1) is 0 Å². The number of nitrogens with one attached hydrogen (secondary N) is 1. The minimum atomic E-state index is -3.51. The number of unbranched alkanes of at least 4 members (excludes halogenated alkanes) is 6. The standard InChI is InChI=1S/C23H38N2O3S/c1-4-5-6-7-8-9-10-11-22-18-21(24-20(3)26)16-17-25(22)29(27,28)23-14-12-19(2)13-15-23/h12-15,21-22H,4-11,16-18H2,1-3H3,(H,24,26)/t21-,22+/m0/s1. The lowest BCUT2D eigenvalue weighted by molar-refractivity contribution is -0.120. The molecular formula is C23H38N2O3S. The first kappa shape index (κ1) is 23.9. The van der Waals surface area contributed by atoms with Gasteiger partial charge in [-0.3, -0.25) is 4.79 Å². The fourth-order valence-corrected chi connectivity index (χ4v) is 5.89. The van der Waals surface area contributed by atoms with Gasteiger partial charge < -0.3 is 5.32 Å². The summed E-state index contributed by atoms with van der Waals surface area (Å²) in [6.07, 6.45) is 10.7. The van der Waals surface area contributed by atoms with Crippen LogP contribution in [0.2, 0.25) is 0 Å². The monoisotopic (exact) mass is 422 g/mol. The normalized spacial score (nSPS) is 20.5. The molecule has 1 heterocycles. The van der Waals surface area contributed by atoms with Gasteiger partial charge >= 0.3 is 0 Å². The van der Waals surface area contributed by atoms with Gasteiger partial charge in [-0.2, -0.15) is 4.31 Å². The predicted molar refractivity (Wildman–Crippen MR) is 118 cm³/mol. The van der Waals surface area contributed by atoms with Crippen LogP contribution in [0.25, 0.3) is 0 Å². The van der Waals surface area contributed by atoms with Gasteiger partial charge in [0.15, 0.2) is 0 Å². The van der Waals surface area contributed by atoms with Crippen molar-refractivity contribution >= 4 is 15.9 Å². The number of hydrogen-bond acceptors (Lipinski definition) is 3. The lowest BCUT2D eigenvalue weighted by Gasteiger charge is -2.39. The van der Waals surface area contributed by atoms with Gasteiger partial charge in [0, 0.05) is 25.6 Å². The molecule has 0 bridgehead atoms. The van der Waals surface area contributed by atoms with Crippen molar-refractivity contribution < 1.29 is 13.2 Å². The third-order valence-corrected chi connectivity index (χ3v) is 7.80. The molecule has 1 fully saturated rings. The number of amides is 1. The highest BCUT2D eigenvalue weighted by Crippen LogP contribution is 2.29. The number of nitrogens with zero attached hydrogens (tertiary/aromatic N) is 1. The van der Waals surface area contributed by atoms with Crippen LogP contribution in [0.4, 0.5) is 0 Å². The third-order valence-electron chi connectivity index (χ3n) is 5.84. The Kier molecular flexibility index (Phi) is 9.63. The maximum Gasteiger partial charge on any atom is 0.243 e. The Morgan fingerprint density at radius 1 is 1.07 bits per heavy atom. The molecule has 1 aromatic rings. The fourth-order valence-electron chi connectivity index (χ4n) is 4.21. The Morgan fingerprint density at radius 2 is 1.69 bits per heavy atom. The van der Waals surface area contributed by atoms with Gasteiger partial charge in [-0.1, -0.05) is 69.6 Å². The van der Waals surface area contributed by atoms with E-state index in [0.29, 0.717) is 24.3 Å². The van der Waals surface area contributed by atoms with Crippen LogP contribution in [0.3, 0.4) is 0 Å². The maximum absolute atomic E-state index is 13.3. The summed E-state index contributed by atoms with van der Waals surface area (Å²) in [6.45, 7) is 6.17. The molecule has 0 spiro atoms. The number of rotatable bonds is 11. The molecule has 1 aliphatic heterocycles. The van der Waals surface area contributed by atoms with E-state index in [0.717, 1.165) is 24.8 Å². The van der Waals surface area contributed by atoms with E-state index in [2.05, 4.69) is 12.2 Å². The molecule has 0 unspecified atom stereocenters. The van der Waals surface area contributed by atoms with Crippen molar-refractivity contribution in [2.45, 2.75) is 102 Å². The van der Waals surface area contributed by atoms with Crippen LogP contribution in [0.5, 0.6) is 0 Å². The average molecular weight is 423 g/mol. The molecule has 164 valence electrons. The Labute approximate surface area is 177 Å². The molecule has 1 N–H and O–H groups in total. The highest BCUT2D eigenvalue weighted by molar-refractivity contribution is 7.89. The first-order valence-electron chi connectivity index (χ1n) is 11.2. The summed E-state index contributed by atoms with van der Waals surface area (Å²) < 4.78 is 28.3. The number of piperidine rings is 1. The maximum atomic E-state index is 13.3. The van der Waals surface area contributed by atoms with Crippen LogP contribution in [-0.2, 0) is 14.8 Å². The van der Waals surface area contributed by atoms with E-state index in [4.69, 9.17) is 0 Å². The van der Waals surface area contributed by atoms with E-state index < -0.39 is 10.0 Å². The summed E-state index contributed by atoms with van der Waals surface area (Å²) in [5.74, 6) is -0.0421. The van der Waals surface area contributed by atoms with Gasteiger partial charge in [0.05, 0.1) is 4.90 Å². The van der Waals surface area contributed by atoms with Crippen molar-refractivity contribution in [2.24, 2.45) is 0 Å². The fraction of sp³-hybridized carbons (Fsp3) is 0.696. The minimum Gasteiger partial charge on any atom is -0.354 e. The van der Waals surface area contributed by atoms with E-state index in [1.807, 2.05) is 19.1 Å². The Hall–Kier alpha value is -1.40. The quantitative estimate of drug-likeness (QED) is 0.521. The summed E-state index contributed by atoms with van der Waals surface area (Å²) in [5, 5.41) is 3.00. The van der Waals surface area contributed by atoms with Gasteiger partial charge in [-0.25, -0.2) is 8.42 Å². The largest absolute Gasteiger partial charge is 0.354 e. The van der Waals surface area contributed by atoms with Gasteiger partial charge in [0.2, 0.25) is 15.9 Å². The van der Waals surface area contributed by atoms with Crippen LogP contribution < -0.4 is 5.32 Å². The summed E-state index contributed by atoms with van der Waals surface area (Å²) in [7, 11) is -3.51. The molecule has 1 aliphatic rings. The van der Waals surface area contributed by atoms with Crippen LogP contribution in [-0.4, -0.2) is 37.3 Å². The molecule has 2 rings (SSSR count). The number of aryl methyl sites for hydroxylation is 1. The summed E-state index contributed by atoms with van der Waals surface area (Å²) >= 11 is 0. The Morgan fingerprint density at radius 3 is 2.31 bits per heavy atom. The van der Waals surface area contributed by atoms with Gasteiger partial charge in [0.1, 0.15) is 0 Å². The number of carbonyl (C=O) groups excluding carboxylic acids is 1. The van der Waals surface area contributed by atoms with Crippen LogP contribution in [0.15, 0.2) is 29.2 Å².